The lowest BCUT2D eigenvalue weighted by molar-refractivity contribution is -0.117. The highest BCUT2D eigenvalue weighted by Gasteiger charge is 2.09. The van der Waals surface area contributed by atoms with Crippen molar-refractivity contribution in [3.8, 4) is 0 Å². The molecule has 0 aromatic carbocycles. The molecule has 2 heteroatoms. The Morgan fingerprint density at radius 1 is 1.33 bits per heavy atom. The molecule has 0 rings (SSSR count). The highest BCUT2D eigenvalue weighted by atomic mass is 32.2. The molecule has 0 spiro atoms. The first kappa shape index (κ1) is 12.0. The average Bonchev–Trinajstić information content (AvgIpc) is 2.10. The number of hydrogen-bond acceptors (Lipinski definition) is 2. The van der Waals surface area contributed by atoms with E-state index in [2.05, 4.69) is 6.92 Å². The van der Waals surface area contributed by atoms with Crippen LogP contribution in [0.5, 0.6) is 0 Å². The third-order valence-corrected chi connectivity index (χ3v) is 3.20. The van der Waals surface area contributed by atoms with E-state index in [-0.39, 0.29) is 5.25 Å². The molecule has 12 heavy (non-hydrogen) atoms. The van der Waals surface area contributed by atoms with Crippen LogP contribution in [0.2, 0.25) is 0 Å². The van der Waals surface area contributed by atoms with Gasteiger partial charge in [0.25, 0.3) is 0 Å². The van der Waals surface area contributed by atoms with E-state index in [0.29, 0.717) is 12.2 Å². The summed E-state index contributed by atoms with van der Waals surface area (Å²) in [7, 11) is 0. The molecule has 0 fully saturated rings. The van der Waals surface area contributed by atoms with Crippen LogP contribution in [-0.2, 0) is 4.79 Å². The fourth-order valence-electron chi connectivity index (χ4n) is 0.993. The molecular weight excluding hydrogens is 168 g/mol. The highest BCUT2D eigenvalue weighted by Crippen LogP contribution is 2.15. The van der Waals surface area contributed by atoms with Crippen LogP contribution < -0.4 is 0 Å². The maximum atomic E-state index is 11.2. The SMILES string of the molecule is CCCCCSC(C)C(=O)CC. The van der Waals surface area contributed by atoms with Gasteiger partial charge in [0.2, 0.25) is 0 Å². The fraction of sp³-hybridized carbons (Fsp3) is 0.900. The van der Waals surface area contributed by atoms with Crippen molar-refractivity contribution in [2.45, 2.75) is 51.7 Å². The number of carbonyl (C=O) groups is 1. The number of unbranched alkanes of at least 4 members (excludes halogenated alkanes) is 2. The van der Waals surface area contributed by atoms with Crippen molar-refractivity contribution in [1.29, 1.82) is 0 Å². The number of ketones is 1. The second-order valence-corrected chi connectivity index (χ2v) is 4.49. The Labute approximate surface area is 80.3 Å². The molecule has 0 radical (unpaired) electrons. The minimum atomic E-state index is 0.215. The molecule has 1 nitrogen and oxygen atoms in total. The van der Waals surface area contributed by atoms with Crippen LogP contribution in [0.3, 0.4) is 0 Å². The van der Waals surface area contributed by atoms with Gasteiger partial charge in [-0.3, -0.25) is 4.79 Å². The Bertz CT molecular complexity index is 123. The number of hydrogen-bond donors (Lipinski definition) is 0. The smallest absolute Gasteiger partial charge is 0.145 e. The fourth-order valence-corrected chi connectivity index (χ4v) is 2.07. The number of Topliss-reactive ketones (excluding diaryl/α,β-unsaturated/α-hetero) is 1. The van der Waals surface area contributed by atoms with Gasteiger partial charge in [-0.05, 0) is 19.1 Å². The standard InChI is InChI=1S/C10H20OS/c1-4-6-7-8-12-9(3)10(11)5-2/h9H,4-8H2,1-3H3. The van der Waals surface area contributed by atoms with Crippen molar-refractivity contribution in [2.75, 3.05) is 5.75 Å². The Balaban J connectivity index is 3.31. The topological polar surface area (TPSA) is 17.1 Å². The van der Waals surface area contributed by atoms with Gasteiger partial charge in [-0.15, -0.1) is 0 Å². The van der Waals surface area contributed by atoms with Crippen LogP contribution in [0.15, 0.2) is 0 Å². The Kier molecular flexibility index (Phi) is 7.67. The molecule has 72 valence electrons. The lowest BCUT2D eigenvalue weighted by Gasteiger charge is -2.07. The van der Waals surface area contributed by atoms with Gasteiger partial charge >= 0.3 is 0 Å². The van der Waals surface area contributed by atoms with Crippen LogP contribution in [-0.4, -0.2) is 16.8 Å². The minimum Gasteiger partial charge on any atom is -0.298 e. The molecule has 0 aromatic heterocycles. The number of carbonyl (C=O) groups excluding carboxylic acids is 1. The van der Waals surface area contributed by atoms with Crippen LogP contribution in [0.1, 0.15) is 46.5 Å². The third kappa shape index (κ3) is 5.64. The summed E-state index contributed by atoms with van der Waals surface area (Å²) in [6.07, 6.45) is 4.49. The normalized spacial score (nSPS) is 12.9. The van der Waals surface area contributed by atoms with E-state index in [1.807, 2.05) is 13.8 Å². The summed E-state index contributed by atoms with van der Waals surface area (Å²) in [6, 6.07) is 0. The third-order valence-electron chi connectivity index (χ3n) is 1.92. The number of rotatable bonds is 7. The van der Waals surface area contributed by atoms with Crippen LogP contribution in [0.25, 0.3) is 0 Å². The maximum absolute atomic E-state index is 11.2. The Morgan fingerprint density at radius 2 is 2.00 bits per heavy atom. The molecule has 0 heterocycles. The van der Waals surface area contributed by atoms with Gasteiger partial charge in [0.1, 0.15) is 5.78 Å². The molecular formula is C10H20OS. The minimum absolute atomic E-state index is 0.215. The Morgan fingerprint density at radius 3 is 2.50 bits per heavy atom. The predicted octanol–water partition coefficient (Wildman–Crippen LogP) is 3.28. The van der Waals surface area contributed by atoms with Crippen LogP contribution in [0, 0.1) is 0 Å². The van der Waals surface area contributed by atoms with E-state index in [1.54, 1.807) is 11.8 Å². The van der Waals surface area contributed by atoms with Gasteiger partial charge in [-0.1, -0.05) is 26.7 Å². The molecule has 0 amide bonds. The summed E-state index contributed by atoms with van der Waals surface area (Å²) < 4.78 is 0. The molecule has 0 bridgehead atoms. The largest absolute Gasteiger partial charge is 0.298 e. The zero-order chi connectivity index (χ0) is 9.40. The van der Waals surface area contributed by atoms with E-state index >= 15 is 0 Å². The van der Waals surface area contributed by atoms with Gasteiger partial charge in [0.15, 0.2) is 0 Å². The molecule has 0 N–H and O–H groups in total. The van der Waals surface area contributed by atoms with Crippen LogP contribution >= 0.6 is 11.8 Å². The first-order valence-corrected chi connectivity index (χ1v) is 5.91. The van der Waals surface area contributed by atoms with Crippen molar-refractivity contribution in [3.05, 3.63) is 0 Å². The second kappa shape index (κ2) is 7.66. The average molecular weight is 188 g/mol. The van der Waals surface area contributed by atoms with Gasteiger partial charge in [0, 0.05) is 6.42 Å². The quantitative estimate of drug-likeness (QED) is 0.570. The zero-order valence-corrected chi connectivity index (χ0v) is 9.25. The second-order valence-electron chi connectivity index (χ2n) is 3.04. The van der Waals surface area contributed by atoms with Crippen molar-refractivity contribution in [1.82, 2.24) is 0 Å². The monoisotopic (exact) mass is 188 g/mol. The first-order chi connectivity index (χ1) is 5.72. The van der Waals surface area contributed by atoms with Gasteiger partial charge in [-0.2, -0.15) is 11.8 Å². The van der Waals surface area contributed by atoms with Gasteiger partial charge < -0.3 is 0 Å². The van der Waals surface area contributed by atoms with Crippen molar-refractivity contribution in [3.63, 3.8) is 0 Å². The summed E-state index contributed by atoms with van der Waals surface area (Å²) >= 11 is 1.80. The molecule has 0 aromatic rings. The summed E-state index contributed by atoms with van der Waals surface area (Å²) in [4.78, 5) is 11.2. The lowest BCUT2D eigenvalue weighted by Crippen LogP contribution is -2.11. The van der Waals surface area contributed by atoms with E-state index < -0.39 is 0 Å². The van der Waals surface area contributed by atoms with Gasteiger partial charge in [-0.25, -0.2) is 0 Å². The van der Waals surface area contributed by atoms with E-state index in [9.17, 15) is 4.79 Å². The molecule has 0 aliphatic heterocycles. The number of thioether (sulfide) groups is 1. The lowest BCUT2D eigenvalue weighted by atomic mass is 10.2. The van der Waals surface area contributed by atoms with E-state index in [0.717, 1.165) is 5.75 Å². The summed E-state index contributed by atoms with van der Waals surface area (Å²) in [6.45, 7) is 6.15. The Hall–Kier alpha value is 0.0200. The summed E-state index contributed by atoms with van der Waals surface area (Å²) in [5.74, 6) is 1.53. The first-order valence-electron chi connectivity index (χ1n) is 4.86. The van der Waals surface area contributed by atoms with Crippen LogP contribution in [0.4, 0.5) is 0 Å². The molecule has 1 atom stereocenters. The highest BCUT2D eigenvalue weighted by molar-refractivity contribution is 8.00. The molecule has 0 aliphatic carbocycles. The van der Waals surface area contributed by atoms with Crippen molar-refractivity contribution < 1.29 is 4.79 Å². The molecule has 0 saturated heterocycles. The molecule has 0 saturated carbocycles. The summed E-state index contributed by atoms with van der Waals surface area (Å²) in [5, 5.41) is 0.215. The van der Waals surface area contributed by atoms with Crippen molar-refractivity contribution >= 4 is 17.5 Å². The van der Waals surface area contributed by atoms with E-state index in [1.165, 1.54) is 19.3 Å². The predicted molar refractivity (Wildman–Crippen MR) is 56.7 cm³/mol. The van der Waals surface area contributed by atoms with E-state index in [4.69, 9.17) is 0 Å². The maximum Gasteiger partial charge on any atom is 0.145 e. The summed E-state index contributed by atoms with van der Waals surface area (Å²) in [5.41, 5.74) is 0. The molecule has 1 unspecified atom stereocenters. The zero-order valence-electron chi connectivity index (χ0n) is 8.43. The van der Waals surface area contributed by atoms with Gasteiger partial charge in [0.05, 0.1) is 5.25 Å². The van der Waals surface area contributed by atoms with Crippen molar-refractivity contribution in [2.24, 2.45) is 0 Å². The molecule has 0 aliphatic rings.